The highest BCUT2D eigenvalue weighted by molar-refractivity contribution is 5.80. The average Bonchev–Trinajstić information content (AvgIpc) is 3.15. The van der Waals surface area contributed by atoms with E-state index in [1.165, 1.54) is 18.4 Å². The molecule has 5 heteroatoms. The summed E-state index contributed by atoms with van der Waals surface area (Å²) >= 11 is 0. The van der Waals surface area contributed by atoms with E-state index in [9.17, 15) is 0 Å². The van der Waals surface area contributed by atoms with Crippen molar-refractivity contribution >= 4 is 11.7 Å². The van der Waals surface area contributed by atoms with Gasteiger partial charge in [-0.1, -0.05) is 11.2 Å². The van der Waals surface area contributed by atoms with Gasteiger partial charge in [0.2, 0.25) is 0 Å². The van der Waals surface area contributed by atoms with Gasteiger partial charge < -0.3 is 15.8 Å². The molecule has 0 amide bonds. The lowest BCUT2D eigenvalue weighted by Crippen LogP contribution is -2.31. The monoisotopic (exact) mass is 234 g/mol. The summed E-state index contributed by atoms with van der Waals surface area (Å²) in [5.74, 6) is 1.28. The maximum atomic E-state index is 8.56. The Morgan fingerprint density at radius 2 is 2.41 bits per heavy atom. The van der Waals surface area contributed by atoms with E-state index in [1.807, 2.05) is 6.07 Å². The number of amidine groups is 1. The predicted molar refractivity (Wildman–Crippen MR) is 67.4 cm³/mol. The van der Waals surface area contributed by atoms with E-state index in [0.717, 1.165) is 12.4 Å². The van der Waals surface area contributed by atoms with Crippen molar-refractivity contribution in [3.8, 4) is 0 Å². The molecule has 1 aliphatic carbocycles. The minimum Gasteiger partial charge on any atom is -0.409 e. The number of pyridine rings is 1. The molecular weight excluding hydrogens is 216 g/mol. The van der Waals surface area contributed by atoms with Gasteiger partial charge in [0.1, 0.15) is 11.7 Å². The summed E-state index contributed by atoms with van der Waals surface area (Å²) in [5.41, 5.74) is 6.68. The fourth-order valence-corrected chi connectivity index (χ4v) is 1.91. The Morgan fingerprint density at radius 3 is 3.00 bits per heavy atom. The summed E-state index contributed by atoms with van der Waals surface area (Å²) in [4.78, 5) is 6.68. The zero-order valence-corrected chi connectivity index (χ0v) is 10.0. The second kappa shape index (κ2) is 5.03. The SMILES string of the molecule is Cc1cccnc1N(CC/C(N)=N/O)C1CC1. The van der Waals surface area contributed by atoms with Crippen molar-refractivity contribution in [2.75, 3.05) is 11.4 Å². The summed E-state index contributed by atoms with van der Waals surface area (Å²) in [6.07, 6.45) is 4.77. The smallest absolute Gasteiger partial charge is 0.140 e. The Morgan fingerprint density at radius 1 is 1.65 bits per heavy atom. The minimum absolute atomic E-state index is 0.268. The maximum Gasteiger partial charge on any atom is 0.140 e. The van der Waals surface area contributed by atoms with E-state index < -0.39 is 0 Å². The molecule has 1 aromatic rings. The topological polar surface area (TPSA) is 74.7 Å². The third-order valence-corrected chi connectivity index (χ3v) is 2.98. The van der Waals surface area contributed by atoms with Crippen molar-refractivity contribution in [2.45, 2.75) is 32.2 Å². The van der Waals surface area contributed by atoms with E-state index in [2.05, 4.69) is 28.0 Å². The fourth-order valence-electron chi connectivity index (χ4n) is 1.91. The summed E-state index contributed by atoms with van der Waals surface area (Å²) < 4.78 is 0. The van der Waals surface area contributed by atoms with Crippen LogP contribution in [0.15, 0.2) is 23.5 Å². The Labute approximate surface area is 101 Å². The standard InChI is InChI=1S/C12H18N4O/c1-9-3-2-7-14-12(9)16(10-4-5-10)8-6-11(13)15-17/h2-3,7,10,17H,4-6,8H2,1H3,(H2,13,15). The van der Waals surface area contributed by atoms with Crippen LogP contribution in [0.4, 0.5) is 5.82 Å². The van der Waals surface area contributed by atoms with E-state index in [-0.39, 0.29) is 5.84 Å². The highest BCUT2D eigenvalue weighted by Gasteiger charge is 2.30. The van der Waals surface area contributed by atoms with Crippen LogP contribution in [0.3, 0.4) is 0 Å². The van der Waals surface area contributed by atoms with Gasteiger partial charge in [-0.25, -0.2) is 4.98 Å². The third-order valence-electron chi connectivity index (χ3n) is 2.98. The number of nitrogens with zero attached hydrogens (tertiary/aromatic N) is 3. The van der Waals surface area contributed by atoms with Crippen LogP contribution < -0.4 is 10.6 Å². The number of hydrogen-bond donors (Lipinski definition) is 2. The van der Waals surface area contributed by atoms with Crippen LogP contribution in [-0.2, 0) is 0 Å². The van der Waals surface area contributed by atoms with E-state index in [4.69, 9.17) is 10.9 Å². The molecule has 0 spiro atoms. The van der Waals surface area contributed by atoms with Gasteiger partial charge in [-0.15, -0.1) is 0 Å². The first kappa shape index (κ1) is 11.7. The molecule has 0 bridgehead atoms. The Kier molecular flexibility index (Phi) is 3.46. The Hall–Kier alpha value is -1.78. The lowest BCUT2D eigenvalue weighted by molar-refractivity contribution is 0.317. The zero-order chi connectivity index (χ0) is 12.3. The molecule has 1 fully saturated rings. The second-order valence-corrected chi connectivity index (χ2v) is 4.41. The van der Waals surface area contributed by atoms with Crippen LogP contribution in [0.1, 0.15) is 24.8 Å². The second-order valence-electron chi connectivity index (χ2n) is 4.41. The fraction of sp³-hybridized carbons (Fsp3) is 0.500. The first-order valence-electron chi connectivity index (χ1n) is 5.87. The Bertz CT molecular complexity index is 415. The maximum absolute atomic E-state index is 8.56. The van der Waals surface area contributed by atoms with Crippen LogP contribution >= 0.6 is 0 Å². The van der Waals surface area contributed by atoms with Crippen LogP contribution in [0, 0.1) is 6.92 Å². The predicted octanol–water partition coefficient (Wildman–Crippen LogP) is 1.50. The van der Waals surface area contributed by atoms with Crippen LogP contribution in [0.5, 0.6) is 0 Å². The molecule has 0 aliphatic heterocycles. The lowest BCUT2D eigenvalue weighted by Gasteiger charge is -2.24. The van der Waals surface area contributed by atoms with Gasteiger partial charge in [-0.05, 0) is 31.4 Å². The molecule has 2 rings (SSSR count). The van der Waals surface area contributed by atoms with Gasteiger partial charge in [-0.3, -0.25) is 0 Å². The molecule has 5 nitrogen and oxygen atoms in total. The van der Waals surface area contributed by atoms with E-state index in [1.54, 1.807) is 6.20 Å². The number of hydrogen-bond acceptors (Lipinski definition) is 4. The lowest BCUT2D eigenvalue weighted by atomic mass is 10.2. The molecule has 0 saturated heterocycles. The summed E-state index contributed by atoms with van der Waals surface area (Å²) in [6, 6.07) is 4.56. The molecule has 0 aromatic carbocycles. The average molecular weight is 234 g/mol. The number of aryl methyl sites for hydroxylation is 1. The molecular formula is C12H18N4O. The molecule has 1 aromatic heterocycles. The number of anilines is 1. The normalized spacial score (nSPS) is 15.9. The van der Waals surface area contributed by atoms with Gasteiger partial charge in [0.15, 0.2) is 0 Å². The molecule has 1 heterocycles. The quantitative estimate of drug-likeness (QED) is 0.350. The zero-order valence-electron chi connectivity index (χ0n) is 10.0. The van der Waals surface area contributed by atoms with Crippen LogP contribution in [-0.4, -0.2) is 28.6 Å². The summed E-state index contributed by atoms with van der Waals surface area (Å²) in [5, 5.41) is 11.6. The van der Waals surface area contributed by atoms with Gasteiger partial charge in [0.05, 0.1) is 0 Å². The highest BCUT2D eigenvalue weighted by Crippen LogP contribution is 2.32. The first-order valence-corrected chi connectivity index (χ1v) is 5.87. The van der Waals surface area contributed by atoms with Gasteiger partial charge in [0.25, 0.3) is 0 Å². The third kappa shape index (κ3) is 2.87. The Balaban J connectivity index is 2.10. The molecule has 0 atom stereocenters. The number of rotatable bonds is 5. The van der Waals surface area contributed by atoms with Crippen LogP contribution in [0.2, 0.25) is 0 Å². The first-order chi connectivity index (χ1) is 8.22. The summed E-state index contributed by atoms with van der Waals surface area (Å²) in [6.45, 7) is 2.81. The number of aromatic nitrogens is 1. The van der Waals surface area contributed by atoms with E-state index >= 15 is 0 Å². The molecule has 1 saturated carbocycles. The molecule has 17 heavy (non-hydrogen) atoms. The largest absolute Gasteiger partial charge is 0.409 e. The van der Waals surface area contributed by atoms with E-state index in [0.29, 0.717) is 12.5 Å². The molecule has 0 unspecified atom stereocenters. The van der Waals surface area contributed by atoms with Crippen molar-refractivity contribution in [3.05, 3.63) is 23.9 Å². The van der Waals surface area contributed by atoms with Gasteiger partial charge >= 0.3 is 0 Å². The highest BCUT2D eigenvalue weighted by atomic mass is 16.4. The summed E-state index contributed by atoms with van der Waals surface area (Å²) in [7, 11) is 0. The van der Waals surface area contributed by atoms with Crippen molar-refractivity contribution in [1.82, 2.24) is 4.98 Å². The number of oxime groups is 1. The molecule has 92 valence electrons. The minimum atomic E-state index is 0.268. The number of nitrogens with two attached hydrogens (primary N) is 1. The van der Waals surface area contributed by atoms with Crippen molar-refractivity contribution < 1.29 is 5.21 Å². The van der Waals surface area contributed by atoms with Gasteiger partial charge in [0, 0.05) is 25.2 Å². The van der Waals surface area contributed by atoms with Crippen LogP contribution in [0.25, 0.3) is 0 Å². The van der Waals surface area contributed by atoms with Crippen molar-refractivity contribution in [3.63, 3.8) is 0 Å². The molecule has 1 aliphatic rings. The van der Waals surface area contributed by atoms with Crippen molar-refractivity contribution in [1.29, 1.82) is 0 Å². The molecule has 0 radical (unpaired) electrons. The van der Waals surface area contributed by atoms with Gasteiger partial charge in [-0.2, -0.15) is 0 Å². The van der Waals surface area contributed by atoms with Crippen molar-refractivity contribution in [2.24, 2.45) is 10.9 Å². The molecule has 3 N–H and O–H groups in total.